The minimum atomic E-state index is 0.333. The van der Waals surface area contributed by atoms with E-state index in [4.69, 9.17) is 0 Å². The molecule has 2 aliphatic rings. The molecule has 0 saturated carbocycles. The summed E-state index contributed by atoms with van der Waals surface area (Å²) < 4.78 is 1.38. The fraction of sp³-hybridized carbons (Fsp3) is 0.0417. The third-order valence-corrected chi connectivity index (χ3v) is 12.4. The van der Waals surface area contributed by atoms with Crippen LogP contribution in [0.25, 0.3) is 81.9 Å². The van der Waals surface area contributed by atoms with Crippen molar-refractivity contribution in [2.75, 3.05) is 0 Å². The average molecular weight is 639 g/mol. The lowest BCUT2D eigenvalue weighted by atomic mass is 9.68. The predicted molar refractivity (Wildman–Crippen MR) is 211 cm³/mol. The van der Waals surface area contributed by atoms with Crippen molar-refractivity contribution in [3.05, 3.63) is 185 Å². The molecular formula is C48H30S. The van der Waals surface area contributed by atoms with Crippen LogP contribution in [-0.2, 0) is 0 Å². The highest BCUT2D eigenvalue weighted by Gasteiger charge is 2.37. The van der Waals surface area contributed by atoms with Gasteiger partial charge in [0.1, 0.15) is 0 Å². The molecule has 0 fully saturated rings. The Bertz CT molecular complexity index is 2790. The van der Waals surface area contributed by atoms with Gasteiger partial charge in [-0.3, -0.25) is 0 Å². The van der Waals surface area contributed by atoms with Gasteiger partial charge in [-0.25, -0.2) is 0 Å². The van der Waals surface area contributed by atoms with E-state index >= 15 is 0 Å². The van der Waals surface area contributed by atoms with Gasteiger partial charge in [-0.1, -0.05) is 164 Å². The van der Waals surface area contributed by atoms with Crippen molar-refractivity contribution < 1.29 is 0 Å². The lowest BCUT2D eigenvalue weighted by Crippen LogP contribution is -2.19. The number of benzene rings is 8. The lowest BCUT2D eigenvalue weighted by Gasteiger charge is -2.36. The summed E-state index contributed by atoms with van der Waals surface area (Å²) in [6.45, 7) is 0. The second-order valence-electron chi connectivity index (χ2n) is 13.5. The summed E-state index contributed by atoms with van der Waals surface area (Å²) in [6.07, 6.45) is 4.87. The van der Waals surface area contributed by atoms with E-state index in [1.165, 1.54) is 97.4 Å². The minimum absolute atomic E-state index is 0.333. The van der Waals surface area contributed by atoms with Crippen LogP contribution >= 0.6 is 11.3 Å². The first-order valence-corrected chi connectivity index (χ1v) is 18.0. The molecule has 0 spiro atoms. The second kappa shape index (κ2) is 10.4. The van der Waals surface area contributed by atoms with Crippen LogP contribution in [0.2, 0.25) is 0 Å². The largest absolute Gasteiger partial charge is 0.138 e. The first-order chi connectivity index (χ1) is 24.3. The molecule has 49 heavy (non-hydrogen) atoms. The molecule has 9 aromatic rings. The van der Waals surface area contributed by atoms with Gasteiger partial charge in [-0.2, -0.15) is 0 Å². The van der Waals surface area contributed by atoms with Crippen molar-refractivity contribution in [1.82, 2.24) is 0 Å². The molecule has 1 heterocycles. The zero-order valence-corrected chi connectivity index (χ0v) is 27.5. The normalized spacial score (nSPS) is 16.1. The molecule has 0 bridgehead atoms. The summed E-state index contributed by atoms with van der Waals surface area (Å²) in [7, 11) is 0. The van der Waals surface area contributed by atoms with Gasteiger partial charge < -0.3 is 0 Å². The molecule has 0 saturated heterocycles. The monoisotopic (exact) mass is 638 g/mol. The van der Waals surface area contributed by atoms with Crippen molar-refractivity contribution in [2.45, 2.75) is 11.8 Å². The van der Waals surface area contributed by atoms with Crippen molar-refractivity contribution in [3.63, 3.8) is 0 Å². The molecule has 0 amide bonds. The van der Waals surface area contributed by atoms with E-state index in [-0.39, 0.29) is 0 Å². The molecular weight excluding hydrogens is 609 g/mol. The quantitative estimate of drug-likeness (QED) is 0.165. The van der Waals surface area contributed by atoms with Crippen molar-refractivity contribution in [2.24, 2.45) is 0 Å². The topological polar surface area (TPSA) is 0 Å². The third-order valence-electron chi connectivity index (χ3n) is 11.1. The fourth-order valence-electron chi connectivity index (χ4n) is 8.85. The van der Waals surface area contributed by atoms with Gasteiger partial charge in [0.2, 0.25) is 0 Å². The summed E-state index contributed by atoms with van der Waals surface area (Å²) in [4.78, 5) is 1.49. The number of hydrogen-bond acceptors (Lipinski definition) is 1. The Morgan fingerprint density at radius 3 is 1.65 bits per heavy atom. The smallest absolute Gasteiger partial charge is 0.0430 e. The lowest BCUT2D eigenvalue weighted by molar-refractivity contribution is 0.711. The van der Waals surface area contributed by atoms with Crippen LogP contribution in [0.5, 0.6) is 0 Å². The number of rotatable bonds is 2. The van der Waals surface area contributed by atoms with Crippen LogP contribution in [0.4, 0.5) is 0 Å². The summed E-state index contributed by atoms with van der Waals surface area (Å²) in [6, 6.07) is 58.7. The molecule has 0 N–H and O–H groups in total. The molecule has 0 radical (unpaired) electrons. The van der Waals surface area contributed by atoms with Gasteiger partial charge in [0, 0.05) is 26.8 Å². The molecule has 11 rings (SSSR count). The molecule has 2 aliphatic carbocycles. The van der Waals surface area contributed by atoms with Gasteiger partial charge in [0.25, 0.3) is 0 Å². The maximum atomic E-state index is 2.46. The van der Waals surface area contributed by atoms with E-state index in [0.29, 0.717) is 11.8 Å². The number of fused-ring (bicyclic) bond motifs is 16. The average Bonchev–Trinajstić information content (AvgIpc) is 3.57. The summed E-state index contributed by atoms with van der Waals surface area (Å²) in [5.41, 5.74) is 12.1. The first-order valence-electron chi connectivity index (χ1n) is 17.2. The van der Waals surface area contributed by atoms with Gasteiger partial charge >= 0.3 is 0 Å². The minimum Gasteiger partial charge on any atom is -0.138 e. The van der Waals surface area contributed by atoms with Crippen LogP contribution < -0.4 is 0 Å². The third kappa shape index (κ3) is 3.91. The van der Waals surface area contributed by atoms with E-state index in [9.17, 15) is 0 Å². The zero-order valence-electron chi connectivity index (χ0n) is 26.7. The van der Waals surface area contributed by atoms with Crippen LogP contribution in [-0.4, -0.2) is 0 Å². The maximum absolute atomic E-state index is 2.46. The molecule has 0 nitrogen and oxygen atoms in total. The summed E-state index contributed by atoms with van der Waals surface area (Å²) in [5.74, 6) is 0.686. The summed E-state index contributed by atoms with van der Waals surface area (Å²) >= 11 is 2.00. The highest BCUT2D eigenvalue weighted by Crippen LogP contribution is 2.56. The van der Waals surface area contributed by atoms with Gasteiger partial charge in [0.15, 0.2) is 0 Å². The molecule has 2 atom stereocenters. The number of thiophene rings is 1. The first kappa shape index (κ1) is 27.2. The Labute approximate surface area is 289 Å². The van der Waals surface area contributed by atoms with E-state index in [2.05, 4.69) is 170 Å². The van der Waals surface area contributed by atoms with E-state index < -0.39 is 0 Å². The van der Waals surface area contributed by atoms with Crippen LogP contribution in [0.1, 0.15) is 33.4 Å². The highest BCUT2D eigenvalue weighted by molar-refractivity contribution is 7.20. The number of hydrogen-bond donors (Lipinski definition) is 0. The standard InChI is InChI=1S/C48H30S/c1-2-12-35-33(10-1)34-11-4-6-16-39(34)45-28-31(24-25-40(35)45)29-20-22-30(23-21-29)32-18-9-19-43-44-27-26-42-38-15-5-3-13-36(38)37-14-7-8-17-41(37)46(42)48(44)49-47(32)43/h1-28,42,46H. The Morgan fingerprint density at radius 1 is 0.388 bits per heavy atom. The SMILES string of the molecule is C1=CC2c3ccccc3-c3ccccc3C2c2sc3c(-c4ccc(-c5ccc6c7ccccc7c7ccccc7c6c5)cc4)cccc3c21. The van der Waals surface area contributed by atoms with E-state index in [0.717, 1.165) is 0 Å². The Hall–Kier alpha value is -5.76. The van der Waals surface area contributed by atoms with Crippen molar-refractivity contribution in [1.29, 1.82) is 0 Å². The molecule has 228 valence electrons. The Morgan fingerprint density at radius 2 is 0.918 bits per heavy atom. The Balaban J connectivity index is 1.02. The molecule has 1 heteroatoms. The van der Waals surface area contributed by atoms with Gasteiger partial charge in [0.05, 0.1) is 0 Å². The summed E-state index contributed by atoms with van der Waals surface area (Å²) in [5, 5.41) is 9.23. The van der Waals surface area contributed by atoms with Crippen molar-refractivity contribution >= 4 is 59.8 Å². The number of allylic oxidation sites excluding steroid dienone is 1. The maximum Gasteiger partial charge on any atom is 0.0430 e. The molecule has 2 unspecified atom stereocenters. The van der Waals surface area contributed by atoms with Crippen LogP contribution in [0, 0.1) is 0 Å². The fourth-order valence-corrected chi connectivity index (χ4v) is 10.3. The predicted octanol–water partition coefficient (Wildman–Crippen LogP) is 13.6. The molecule has 1 aromatic heterocycles. The highest BCUT2D eigenvalue weighted by atomic mass is 32.1. The molecule has 0 aliphatic heterocycles. The van der Waals surface area contributed by atoms with Gasteiger partial charge in [-0.05, 0) is 88.5 Å². The second-order valence-corrected chi connectivity index (χ2v) is 14.6. The van der Waals surface area contributed by atoms with E-state index in [1.807, 2.05) is 11.3 Å². The Kier molecular flexibility index (Phi) is 5.76. The van der Waals surface area contributed by atoms with Gasteiger partial charge in [-0.15, -0.1) is 11.3 Å². The van der Waals surface area contributed by atoms with Crippen molar-refractivity contribution in [3.8, 4) is 33.4 Å². The van der Waals surface area contributed by atoms with Crippen LogP contribution in [0.3, 0.4) is 0 Å². The zero-order chi connectivity index (χ0) is 32.1. The van der Waals surface area contributed by atoms with E-state index in [1.54, 1.807) is 0 Å². The van der Waals surface area contributed by atoms with Crippen LogP contribution in [0.15, 0.2) is 164 Å². The molecule has 8 aromatic carbocycles.